The molecule has 0 saturated carbocycles. The molecule has 2 aromatic carbocycles. The summed E-state index contributed by atoms with van der Waals surface area (Å²) in [5.41, 5.74) is 1.85. The van der Waals surface area contributed by atoms with Crippen LogP contribution in [0.2, 0.25) is 0 Å². The molecule has 0 aliphatic rings. The normalized spacial score (nSPS) is 11.4. The number of likely N-dealkylation sites (N-methyl/N-ethyl adjacent to an activating group) is 1. The Morgan fingerprint density at radius 2 is 1.48 bits per heavy atom. The second-order valence-corrected chi connectivity index (χ2v) is 6.87. The Morgan fingerprint density at radius 1 is 0.931 bits per heavy atom. The van der Waals surface area contributed by atoms with Gasteiger partial charge in [-0.2, -0.15) is 0 Å². The molecule has 0 aliphatic carbocycles. The Kier molecular flexibility index (Phi) is 8.21. The van der Waals surface area contributed by atoms with Gasteiger partial charge in [-0.05, 0) is 11.1 Å². The molecule has 2 aromatic rings. The van der Waals surface area contributed by atoms with E-state index < -0.39 is 12.0 Å². The number of benzene rings is 2. The van der Waals surface area contributed by atoms with Crippen LogP contribution in [0.5, 0.6) is 0 Å². The van der Waals surface area contributed by atoms with E-state index in [0.717, 1.165) is 11.1 Å². The Balaban J connectivity index is 1.81. The average Bonchev–Trinajstić information content (AvgIpc) is 2.72. The van der Waals surface area contributed by atoms with Gasteiger partial charge in [0.1, 0.15) is 6.04 Å². The predicted molar refractivity (Wildman–Crippen MR) is 110 cm³/mol. The average molecular weight is 397 g/mol. The number of rotatable bonds is 9. The predicted octanol–water partition coefficient (Wildman–Crippen LogP) is 2.37. The molecule has 7 nitrogen and oxygen atoms in total. The molecule has 0 spiro atoms. The van der Waals surface area contributed by atoms with Gasteiger partial charge in [0, 0.05) is 40.0 Å². The maximum absolute atomic E-state index is 12.4. The summed E-state index contributed by atoms with van der Waals surface area (Å²) < 4.78 is 0. The van der Waals surface area contributed by atoms with E-state index in [4.69, 9.17) is 0 Å². The van der Waals surface area contributed by atoms with Crippen molar-refractivity contribution in [3.63, 3.8) is 0 Å². The van der Waals surface area contributed by atoms with E-state index in [9.17, 15) is 19.5 Å². The summed E-state index contributed by atoms with van der Waals surface area (Å²) in [4.78, 5) is 39.0. The minimum atomic E-state index is -1.06. The summed E-state index contributed by atoms with van der Waals surface area (Å²) in [6.07, 6.45) is 0.255. The molecule has 7 heteroatoms. The first-order valence-corrected chi connectivity index (χ1v) is 9.43. The van der Waals surface area contributed by atoms with Gasteiger partial charge in [-0.25, -0.2) is 9.59 Å². The van der Waals surface area contributed by atoms with Crippen LogP contribution < -0.4 is 5.32 Å². The summed E-state index contributed by atoms with van der Waals surface area (Å²) in [5.74, 6) is -1.39. The monoisotopic (exact) mass is 397 g/mol. The molecule has 2 N–H and O–H groups in total. The number of aliphatic carboxylic acids is 1. The number of nitrogens with one attached hydrogen (secondary N) is 1. The van der Waals surface area contributed by atoms with Crippen molar-refractivity contribution in [2.75, 3.05) is 20.6 Å². The van der Waals surface area contributed by atoms with E-state index in [1.54, 1.807) is 7.05 Å². The second-order valence-electron chi connectivity index (χ2n) is 6.87. The van der Waals surface area contributed by atoms with Gasteiger partial charge in [0.05, 0.1) is 0 Å². The van der Waals surface area contributed by atoms with Gasteiger partial charge in [-0.15, -0.1) is 0 Å². The minimum absolute atomic E-state index is 0.0278. The van der Waals surface area contributed by atoms with Gasteiger partial charge in [-0.1, -0.05) is 60.7 Å². The lowest BCUT2D eigenvalue weighted by Gasteiger charge is -2.25. The first kappa shape index (κ1) is 21.9. The fourth-order valence-corrected chi connectivity index (χ4v) is 2.92. The largest absolute Gasteiger partial charge is 0.480 e. The quantitative estimate of drug-likeness (QED) is 0.680. The fourth-order valence-electron chi connectivity index (χ4n) is 2.92. The molecule has 0 heterocycles. The zero-order valence-corrected chi connectivity index (χ0v) is 16.7. The maximum atomic E-state index is 12.4. The number of nitrogens with zero attached hydrogens (tertiary/aromatic N) is 2. The number of urea groups is 1. The number of carbonyl (C=O) groups excluding carboxylic acids is 2. The van der Waals surface area contributed by atoms with Crippen molar-refractivity contribution in [2.24, 2.45) is 0 Å². The minimum Gasteiger partial charge on any atom is -0.480 e. The molecule has 0 fully saturated rings. The molecule has 1 unspecified atom stereocenters. The molecule has 0 aromatic heterocycles. The molecular weight excluding hydrogens is 370 g/mol. The number of carboxylic acid groups (broad SMARTS) is 1. The first-order valence-electron chi connectivity index (χ1n) is 9.43. The summed E-state index contributed by atoms with van der Waals surface area (Å²) in [6, 6.07) is 17.5. The van der Waals surface area contributed by atoms with Crippen LogP contribution in [0.3, 0.4) is 0 Å². The Labute approximate surface area is 170 Å². The SMILES string of the molecule is CN(Cc1ccccc1)C(=O)NCCC(=O)N(C)C(Cc1ccccc1)C(=O)O. The van der Waals surface area contributed by atoms with Crippen LogP contribution in [0.4, 0.5) is 4.79 Å². The van der Waals surface area contributed by atoms with Crippen LogP contribution >= 0.6 is 0 Å². The third kappa shape index (κ3) is 6.95. The molecule has 0 bridgehead atoms. The van der Waals surface area contributed by atoms with Crippen LogP contribution in [0.25, 0.3) is 0 Å². The Hall–Kier alpha value is -3.35. The van der Waals surface area contributed by atoms with E-state index >= 15 is 0 Å². The molecular formula is C22H27N3O4. The van der Waals surface area contributed by atoms with E-state index in [-0.39, 0.29) is 31.3 Å². The van der Waals surface area contributed by atoms with Crippen molar-refractivity contribution in [2.45, 2.75) is 25.4 Å². The molecule has 2 rings (SSSR count). The summed E-state index contributed by atoms with van der Waals surface area (Å²) in [6.45, 7) is 0.595. The molecule has 3 amide bonds. The smallest absolute Gasteiger partial charge is 0.326 e. The highest BCUT2D eigenvalue weighted by molar-refractivity contribution is 5.84. The van der Waals surface area contributed by atoms with Crippen LogP contribution in [0, 0.1) is 0 Å². The van der Waals surface area contributed by atoms with Crippen molar-refractivity contribution < 1.29 is 19.5 Å². The first-order chi connectivity index (χ1) is 13.9. The lowest BCUT2D eigenvalue weighted by Crippen LogP contribution is -2.45. The third-order valence-electron chi connectivity index (χ3n) is 4.64. The van der Waals surface area contributed by atoms with E-state index in [2.05, 4.69) is 5.32 Å². The number of amides is 3. The van der Waals surface area contributed by atoms with E-state index in [1.165, 1.54) is 16.8 Å². The number of hydrogen-bond acceptors (Lipinski definition) is 3. The topological polar surface area (TPSA) is 90.0 Å². The summed E-state index contributed by atoms with van der Waals surface area (Å²) >= 11 is 0. The van der Waals surface area contributed by atoms with Crippen molar-refractivity contribution in [3.05, 3.63) is 71.8 Å². The van der Waals surface area contributed by atoms with Gasteiger partial charge in [0.2, 0.25) is 5.91 Å². The van der Waals surface area contributed by atoms with E-state index in [0.29, 0.717) is 6.54 Å². The van der Waals surface area contributed by atoms with Gasteiger partial charge in [-0.3, -0.25) is 4.79 Å². The molecule has 29 heavy (non-hydrogen) atoms. The Bertz CT molecular complexity index is 811. The zero-order chi connectivity index (χ0) is 21.2. The molecule has 0 saturated heterocycles. The fraction of sp³-hybridized carbons (Fsp3) is 0.318. The Morgan fingerprint density at radius 3 is 2.03 bits per heavy atom. The van der Waals surface area contributed by atoms with Gasteiger partial charge in [0.15, 0.2) is 0 Å². The molecule has 1 atom stereocenters. The highest BCUT2D eigenvalue weighted by Gasteiger charge is 2.26. The van der Waals surface area contributed by atoms with Crippen LogP contribution in [-0.2, 0) is 22.6 Å². The highest BCUT2D eigenvalue weighted by Crippen LogP contribution is 2.10. The maximum Gasteiger partial charge on any atom is 0.326 e. The zero-order valence-electron chi connectivity index (χ0n) is 16.7. The highest BCUT2D eigenvalue weighted by atomic mass is 16.4. The lowest BCUT2D eigenvalue weighted by molar-refractivity contribution is -0.148. The van der Waals surface area contributed by atoms with Crippen LogP contribution in [-0.4, -0.2) is 59.5 Å². The van der Waals surface area contributed by atoms with Crippen molar-refractivity contribution in [1.82, 2.24) is 15.1 Å². The third-order valence-corrected chi connectivity index (χ3v) is 4.64. The van der Waals surface area contributed by atoms with Gasteiger partial charge in [0.25, 0.3) is 0 Å². The second kappa shape index (κ2) is 10.8. The summed E-state index contributed by atoms with van der Waals surface area (Å²) in [5, 5.41) is 12.2. The molecule has 154 valence electrons. The number of carboxylic acids is 1. The van der Waals surface area contributed by atoms with Crippen LogP contribution in [0.15, 0.2) is 60.7 Å². The summed E-state index contributed by atoms with van der Waals surface area (Å²) in [7, 11) is 3.16. The molecule has 0 aliphatic heterocycles. The number of carbonyl (C=O) groups is 3. The van der Waals surface area contributed by atoms with Crippen molar-refractivity contribution in [3.8, 4) is 0 Å². The lowest BCUT2D eigenvalue weighted by atomic mass is 10.0. The van der Waals surface area contributed by atoms with Gasteiger partial charge >= 0.3 is 12.0 Å². The van der Waals surface area contributed by atoms with E-state index in [1.807, 2.05) is 60.7 Å². The standard InChI is InChI=1S/C22H27N3O4/c1-24(16-18-11-7-4-8-12-18)22(29)23-14-13-20(26)25(2)19(21(27)28)15-17-9-5-3-6-10-17/h3-12,19H,13-16H2,1-2H3,(H,23,29)(H,27,28). The molecule has 0 radical (unpaired) electrons. The number of hydrogen-bond donors (Lipinski definition) is 2. The van der Waals surface area contributed by atoms with Crippen molar-refractivity contribution >= 4 is 17.9 Å². The van der Waals surface area contributed by atoms with Crippen molar-refractivity contribution in [1.29, 1.82) is 0 Å². The van der Waals surface area contributed by atoms with Gasteiger partial charge < -0.3 is 20.2 Å². The van der Waals surface area contributed by atoms with Crippen LogP contribution in [0.1, 0.15) is 17.5 Å².